The maximum absolute atomic E-state index is 5.12. The SMILES string of the molecule is COc1cc(NC2CCN(Cc3ncccc3C)C2)ncn1. The van der Waals surface area contributed by atoms with E-state index < -0.39 is 0 Å². The molecule has 2 aromatic rings. The fourth-order valence-electron chi connectivity index (χ4n) is 2.73. The zero-order valence-corrected chi connectivity index (χ0v) is 13.0. The molecule has 0 spiro atoms. The Hall–Kier alpha value is -2.21. The Kier molecular flexibility index (Phi) is 4.48. The minimum absolute atomic E-state index is 0.392. The third-order valence-electron chi connectivity index (χ3n) is 3.97. The number of likely N-dealkylation sites (tertiary alicyclic amines) is 1. The highest BCUT2D eigenvalue weighted by atomic mass is 16.5. The summed E-state index contributed by atoms with van der Waals surface area (Å²) in [6.07, 6.45) is 4.48. The van der Waals surface area contributed by atoms with Crippen LogP contribution in [-0.2, 0) is 6.54 Å². The zero-order chi connectivity index (χ0) is 15.4. The molecule has 22 heavy (non-hydrogen) atoms. The van der Waals surface area contributed by atoms with Crippen molar-refractivity contribution in [2.45, 2.75) is 25.9 Å². The van der Waals surface area contributed by atoms with Crippen molar-refractivity contribution in [2.24, 2.45) is 0 Å². The molecule has 0 bridgehead atoms. The first kappa shape index (κ1) is 14.7. The second-order valence-corrected chi connectivity index (χ2v) is 5.58. The average Bonchev–Trinajstić information content (AvgIpc) is 2.97. The summed E-state index contributed by atoms with van der Waals surface area (Å²) in [5.41, 5.74) is 2.41. The molecule has 1 aliphatic heterocycles. The molecule has 1 aliphatic rings. The molecule has 3 rings (SSSR count). The molecule has 1 unspecified atom stereocenters. The van der Waals surface area contributed by atoms with Gasteiger partial charge >= 0.3 is 0 Å². The van der Waals surface area contributed by atoms with E-state index in [4.69, 9.17) is 4.74 Å². The van der Waals surface area contributed by atoms with Crippen LogP contribution in [0.5, 0.6) is 5.88 Å². The van der Waals surface area contributed by atoms with Crippen LogP contribution in [0.15, 0.2) is 30.7 Å². The van der Waals surface area contributed by atoms with Gasteiger partial charge in [-0.15, -0.1) is 0 Å². The second kappa shape index (κ2) is 6.70. The van der Waals surface area contributed by atoms with Crippen LogP contribution < -0.4 is 10.1 Å². The van der Waals surface area contributed by atoms with E-state index in [1.54, 1.807) is 7.11 Å². The molecule has 6 nitrogen and oxygen atoms in total. The van der Waals surface area contributed by atoms with Crippen LogP contribution in [0.1, 0.15) is 17.7 Å². The lowest BCUT2D eigenvalue weighted by Gasteiger charge is -2.17. The Morgan fingerprint density at radius 1 is 1.36 bits per heavy atom. The molecule has 0 radical (unpaired) electrons. The first-order chi connectivity index (χ1) is 10.7. The average molecular weight is 299 g/mol. The summed E-state index contributed by atoms with van der Waals surface area (Å²) >= 11 is 0. The van der Waals surface area contributed by atoms with Crippen molar-refractivity contribution in [3.63, 3.8) is 0 Å². The molecular formula is C16H21N5O. The van der Waals surface area contributed by atoms with Crippen LogP contribution in [0.4, 0.5) is 5.82 Å². The lowest BCUT2D eigenvalue weighted by molar-refractivity contribution is 0.323. The summed E-state index contributed by atoms with van der Waals surface area (Å²) in [5.74, 6) is 1.39. The van der Waals surface area contributed by atoms with E-state index in [1.165, 1.54) is 11.9 Å². The van der Waals surface area contributed by atoms with Crippen molar-refractivity contribution in [1.82, 2.24) is 19.9 Å². The topological polar surface area (TPSA) is 63.2 Å². The highest BCUT2D eigenvalue weighted by molar-refractivity contribution is 5.38. The van der Waals surface area contributed by atoms with Gasteiger partial charge in [0.1, 0.15) is 12.1 Å². The molecule has 0 aliphatic carbocycles. The van der Waals surface area contributed by atoms with Gasteiger partial charge in [-0.05, 0) is 25.0 Å². The maximum Gasteiger partial charge on any atom is 0.218 e. The molecule has 1 atom stereocenters. The van der Waals surface area contributed by atoms with Gasteiger partial charge in [-0.3, -0.25) is 9.88 Å². The van der Waals surface area contributed by atoms with Crippen molar-refractivity contribution in [2.75, 3.05) is 25.5 Å². The number of ether oxygens (including phenoxy) is 1. The van der Waals surface area contributed by atoms with Crippen molar-refractivity contribution in [3.8, 4) is 5.88 Å². The molecule has 1 saturated heterocycles. The number of rotatable bonds is 5. The zero-order valence-electron chi connectivity index (χ0n) is 13.0. The molecule has 2 aromatic heterocycles. The largest absolute Gasteiger partial charge is 0.481 e. The van der Waals surface area contributed by atoms with Gasteiger partial charge in [-0.2, -0.15) is 0 Å². The van der Waals surface area contributed by atoms with Gasteiger partial charge in [-0.25, -0.2) is 9.97 Å². The van der Waals surface area contributed by atoms with Crippen LogP contribution in [0.2, 0.25) is 0 Å². The Balaban J connectivity index is 1.57. The second-order valence-electron chi connectivity index (χ2n) is 5.58. The number of aryl methyl sites for hydroxylation is 1. The highest BCUT2D eigenvalue weighted by Crippen LogP contribution is 2.18. The summed E-state index contributed by atoms with van der Waals surface area (Å²) in [4.78, 5) is 15.2. The third-order valence-corrected chi connectivity index (χ3v) is 3.97. The van der Waals surface area contributed by atoms with E-state index in [2.05, 4.69) is 38.2 Å². The summed E-state index contributed by atoms with van der Waals surface area (Å²) in [7, 11) is 1.61. The predicted octanol–water partition coefficient (Wildman–Crippen LogP) is 1.88. The lowest BCUT2D eigenvalue weighted by Crippen LogP contribution is -2.26. The van der Waals surface area contributed by atoms with Gasteiger partial charge < -0.3 is 10.1 Å². The first-order valence-electron chi connectivity index (χ1n) is 7.50. The lowest BCUT2D eigenvalue weighted by atomic mass is 10.2. The summed E-state index contributed by atoms with van der Waals surface area (Å²) < 4.78 is 5.12. The number of nitrogens with zero attached hydrogens (tertiary/aromatic N) is 4. The van der Waals surface area contributed by atoms with Crippen molar-refractivity contribution < 1.29 is 4.74 Å². The van der Waals surface area contributed by atoms with Crippen LogP contribution in [0.3, 0.4) is 0 Å². The molecule has 0 aromatic carbocycles. The number of aromatic nitrogens is 3. The van der Waals surface area contributed by atoms with Gasteiger partial charge in [0.25, 0.3) is 0 Å². The standard InChI is InChI=1S/C16H21N5O/c1-12-4-3-6-17-14(12)10-21-7-5-13(9-21)20-15-8-16(22-2)19-11-18-15/h3-4,6,8,11,13H,5,7,9-10H2,1-2H3,(H,18,19,20). The number of methoxy groups -OCH3 is 1. The minimum Gasteiger partial charge on any atom is -0.481 e. The van der Waals surface area contributed by atoms with E-state index in [-0.39, 0.29) is 0 Å². The first-order valence-corrected chi connectivity index (χ1v) is 7.50. The van der Waals surface area contributed by atoms with Crippen LogP contribution in [0, 0.1) is 6.92 Å². The molecule has 1 N–H and O–H groups in total. The van der Waals surface area contributed by atoms with Crippen molar-refractivity contribution >= 4 is 5.82 Å². The van der Waals surface area contributed by atoms with Crippen molar-refractivity contribution in [3.05, 3.63) is 42.0 Å². The van der Waals surface area contributed by atoms with Crippen LogP contribution >= 0.6 is 0 Å². The third kappa shape index (κ3) is 3.51. The van der Waals surface area contributed by atoms with Crippen LogP contribution in [0.25, 0.3) is 0 Å². The van der Waals surface area contributed by atoms with Gasteiger partial charge in [0.2, 0.25) is 5.88 Å². The number of pyridine rings is 1. The van der Waals surface area contributed by atoms with Gasteiger partial charge in [0.05, 0.1) is 12.8 Å². The molecule has 116 valence electrons. The van der Waals surface area contributed by atoms with E-state index in [0.717, 1.165) is 37.6 Å². The predicted molar refractivity (Wildman–Crippen MR) is 84.9 cm³/mol. The number of anilines is 1. The fraction of sp³-hybridized carbons (Fsp3) is 0.438. The monoisotopic (exact) mass is 299 g/mol. The Morgan fingerprint density at radius 3 is 3.09 bits per heavy atom. The normalized spacial score (nSPS) is 18.4. The van der Waals surface area contributed by atoms with Gasteiger partial charge in [-0.1, -0.05) is 6.07 Å². The number of hydrogen-bond donors (Lipinski definition) is 1. The van der Waals surface area contributed by atoms with E-state index >= 15 is 0 Å². The fourth-order valence-corrected chi connectivity index (χ4v) is 2.73. The molecule has 3 heterocycles. The Labute approximate surface area is 130 Å². The maximum atomic E-state index is 5.12. The van der Waals surface area contributed by atoms with Crippen molar-refractivity contribution in [1.29, 1.82) is 0 Å². The highest BCUT2D eigenvalue weighted by Gasteiger charge is 2.23. The summed E-state index contributed by atoms with van der Waals surface area (Å²) in [5, 5.41) is 3.45. The van der Waals surface area contributed by atoms with Gasteiger partial charge in [0.15, 0.2) is 0 Å². The molecule has 0 amide bonds. The van der Waals surface area contributed by atoms with Gasteiger partial charge in [0, 0.05) is 37.9 Å². The number of nitrogens with one attached hydrogen (secondary N) is 1. The van der Waals surface area contributed by atoms with E-state index in [0.29, 0.717) is 11.9 Å². The quantitative estimate of drug-likeness (QED) is 0.909. The number of hydrogen-bond acceptors (Lipinski definition) is 6. The van der Waals surface area contributed by atoms with Crippen LogP contribution in [-0.4, -0.2) is 46.1 Å². The molecule has 0 saturated carbocycles. The Morgan fingerprint density at radius 2 is 2.27 bits per heavy atom. The molecule has 6 heteroatoms. The molecule has 1 fully saturated rings. The minimum atomic E-state index is 0.392. The molecular weight excluding hydrogens is 278 g/mol. The smallest absolute Gasteiger partial charge is 0.218 e. The van der Waals surface area contributed by atoms with E-state index in [1.807, 2.05) is 18.3 Å². The summed E-state index contributed by atoms with van der Waals surface area (Å²) in [6, 6.07) is 6.31. The Bertz CT molecular complexity index is 633. The summed E-state index contributed by atoms with van der Waals surface area (Å²) in [6.45, 7) is 5.07. The van der Waals surface area contributed by atoms with E-state index in [9.17, 15) is 0 Å².